The van der Waals surface area contributed by atoms with E-state index < -0.39 is 39.0 Å². The van der Waals surface area contributed by atoms with E-state index in [2.05, 4.69) is 5.32 Å². The summed E-state index contributed by atoms with van der Waals surface area (Å²) in [6.45, 7) is 8.63. The molecule has 0 bridgehead atoms. The van der Waals surface area contributed by atoms with Crippen LogP contribution in [-0.4, -0.2) is 54.4 Å². The van der Waals surface area contributed by atoms with Gasteiger partial charge in [-0.25, -0.2) is 8.42 Å². The lowest BCUT2D eigenvalue weighted by atomic mass is 10.0. The fourth-order valence-electron chi connectivity index (χ4n) is 3.72. The third-order valence-electron chi connectivity index (χ3n) is 5.49. The van der Waals surface area contributed by atoms with Crippen LogP contribution in [0.15, 0.2) is 48.5 Å². The zero-order chi connectivity index (χ0) is 27.3. The first-order valence-electron chi connectivity index (χ1n) is 11.5. The van der Waals surface area contributed by atoms with Crippen molar-refractivity contribution in [2.75, 3.05) is 17.1 Å². The fourth-order valence-corrected chi connectivity index (χ4v) is 4.56. The normalized spacial score (nSPS) is 12.5. The zero-order valence-electron chi connectivity index (χ0n) is 21.5. The molecule has 1 atom stereocenters. The second-order valence-electron chi connectivity index (χ2n) is 9.66. The Morgan fingerprint density at radius 1 is 1.11 bits per heavy atom. The third kappa shape index (κ3) is 7.77. The van der Waals surface area contributed by atoms with Gasteiger partial charge in [0.05, 0.1) is 16.9 Å². The molecular weight excluding hydrogens is 484 g/mol. The van der Waals surface area contributed by atoms with Gasteiger partial charge in [-0.05, 0) is 51.3 Å². The lowest BCUT2D eigenvalue weighted by Gasteiger charge is -2.34. The lowest BCUT2D eigenvalue weighted by molar-refractivity contribution is -0.384. The van der Waals surface area contributed by atoms with E-state index in [1.54, 1.807) is 6.92 Å². The summed E-state index contributed by atoms with van der Waals surface area (Å²) in [5.41, 5.74) is 0.877. The third-order valence-corrected chi connectivity index (χ3v) is 6.63. The van der Waals surface area contributed by atoms with Crippen LogP contribution in [-0.2, 0) is 26.2 Å². The lowest BCUT2D eigenvalue weighted by Crippen LogP contribution is -2.55. The molecule has 0 aliphatic rings. The molecule has 0 aliphatic carbocycles. The monoisotopic (exact) mass is 518 g/mol. The van der Waals surface area contributed by atoms with E-state index in [1.165, 1.54) is 23.1 Å². The molecule has 0 spiro atoms. The predicted molar refractivity (Wildman–Crippen MR) is 139 cm³/mol. The number of hydrogen-bond donors (Lipinski definition) is 1. The van der Waals surface area contributed by atoms with E-state index in [1.807, 2.05) is 52.0 Å². The number of carbonyl (C=O) groups is 2. The summed E-state index contributed by atoms with van der Waals surface area (Å²) in [7, 11) is -3.99. The molecule has 11 heteroatoms. The molecule has 0 aliphatic heterocycles. The minimum Gasteiger partial charge on any atom is -0.350 e. The van der Waals surface area contributed by atoms with Gasteiger partial charge in [-0.2, -0.15) is 0 Å². The molecule has 0 unspecified atom stereocenters. The van der Waals surface area contributed by atoms with Crippen LogP contribution in [0, 0.1) is 17.0 Å². The highest BCUT2D eigenvalue weighted by molar-refractivity contribution is 7.92. The van der Waals surface area contributed by atoms with Crippen LogP contribution in [0.3, 0.4) is 0 Å². The van der Waals surface area contributed by atoms with Crippen molar-refractivity contribution in [1.29, 1.82) is 0 Å². The number of non-ortho nitro benzene ring substituents is 1. The SMILES string of the molecule is CC[C@H](C(=O)NC(C)(C)C)N(Cc1ccccc1C)C(=O)CN(c1cccc([N+](=O)[O-])c1)S(C)(=O)=O. The van der Waals surface area contributed by atoms with Crippen LogP contribution in [0.1, 0.15) is 45.2 Å². The number of nitrogens with zero attached hydrogens (tertiary/aromatic N) is 3. The van der Waals surface area contributed by atoms with Crippen molar-refractivity contribution in [3.8, 4) is 0 Å². The van der Waals surface area contributed by atoms with E-state index >= 15 is 0 Å². The van der Waals surface area contributed by atoms with Crippen molar-refractivity contribution in [3.63, 3.8) is 0 Å². The average Bonchev–Trinajstić information content (AvgIpc) is 2.76. The van der Waals surface area contributed by atoms with E-state index in [-0.39, 0.29) is 23.8 Å². The number of nitrogens with one attached hydrogen (secondary N) is 1. The van der Waals surface area contributed by atoms with Gasteiger partial charge in [-0.1, -0.05) is 37.3 Å². The van der Waals surface area contributed by atoms with Gasteiger partial charge >= 0.3 is 0 Å². The van der Waals surface area contributed by atoms with Crippen LogP contribution < -0.4 is 9.62 Å². The maximum absolute atomic E-state index is 13.7. The highest BCUT2D eigenvalue weighted by Gasteiger charge is 2.33. The van der Waals surface area contributed by atoms with Gasteiger partial charge in [0.15, 0.2) is 0 Å². The minimum atomic E-state index is -3.99. The van der Waals surface area contributed by atoms with Gasteiger partial charge in [-0.3, -0.25) is 24.0 Å². The molecular formula is C25H34N4O6S. The highest BCUT2D eigenvalue weighted by atomic mass is 32.2. The zero-order valence-corrected chi connectivity index (χ0v) is 22.3. The van der Waals surface area contributed by atoms with Crippen molar-refractivity contribution in [2.24, 2.45) is 0 Å². The molecule has 2 aromatic rings. The molecule has 1 N–H and O–H groups in total. The Morgan fingerprint density at radius 3 is 2.28 bits per heavy atom. The van der Waals surface area contributed by atoms with Crippen LogP contribution in [0.4, 0.5) is 11.4 Å². The molecule has 2 amide bonds. The smallest absolute Gasteiger partial charge is 0.271 e. The molecule has 196 valence electrons. The second kappa shape index (κ2) is 11.5. The van der Waals surface area contributed by atoms with Crippen molar-refractivity contribution < 1.29 is 22.9 Å². The van der Waals surface area contributed by atoms with Gasteiger partial charge in [0.1, 0.15) is 12.6 Å². The van der Waals surface area contributed by atoms with Crippen molar-refractivity contribution in [1.82, 2.24) is 10.2 Å². The molecule has 0 saturated heterocycles. The maximum atomic E-state index is 13.7. The molecule has 2 rings (SSSR count). The maximum Gasteiger partial charge on any atom is 0.271 e. The van der Waals surface area contributed by atoms with Gasteiger partial charge in [0.2, 0.25) is 21.8 Å². The summed E-state index contributed by atoms with van der Waals surface area (Å²) in [5.74, 6) is -0.959. The van der Waals surface area contributed by atoms with Gasteiger partial charge in [-0.15, -0.1) is 0 Å². The number of hydrogen-bond acceptors (Lipinski definition) is 6. The first-order chi connectivity index (χ1) is 16.6. The molecule has 0 heterocycles. The van der Waals surface area contributed by atoms with Gasteiger partial charge in [0, 0.05) is 24.2 Å². The second-order valence-corrected chi connectivity index (χ2v) is 11.6. The Kier molecular flexibility index (Phi) is 9.20. The number of nitro benzene ring substituents is 1. The number of carbonyl (C=O) groups excluding carboxylic acids is 2. The van der Waals surface area contributed by atoms with Gasteiger partial charge < -0.3 is 10.2 Å². The largest absolute Gasteiger partial charge is 0.350 e. The summed E-state index contributed by atoms with van der Waals surface area (Å²) < 4.78 is 26.1. The van der Waals surface area contributed by atoms with Crippen molar-refractivity contribution in [3.05, 3.63) is 69.8 Å². The molecule has 0 saturated carbocycles. The molecule has 10 nitrogen and oxygen atoms in total. The summed E-state index contributed by atoms with van der Waals surface area (Å²) in [6.07, 6.45) is 1.23. The standard InChI is InChI=1S/C25H34N4O6S/c1-7-22(24(31)26-25(3,4)5)27(16-19-12-9-8-11-18(19)2)23(30)17-28(36(6,34)35)20-13-10-14-21(15-20)29(32)33/h8-15,22H,7,16-17H2,1-6H3,(H,26,31)/t22-/m1/s1. The Morgan fingerprint density at radius 2 is 1.75 bits per heavy atom. The predicted octanol–water partition coefficient (Wildman–Crippen LogP) is 3.39. The van der Waals surface area contributed by atoms with E-state index in [4.69, 9.17) is 0 Å². The van der Waals surface area contributed by atoms with Crippen molar-refractivity contribution >= 4 is 33.2 Å². The summed E-state index contributed by atoms with van der Waals surface area (Å²) in [6, 6.07) is 11.6. The average molecular weight is 519 g/mol. The van der Waals surface area contributed by atoms with E-state index in [0.717, 1.165) is 27.8 Å². The Bertz CT molecular complexity index is 1220. The molecule has 0 radical (unpaired) electrons. The quantitative estimate of drug-likeness (QED) is 0.379. The number of rotatable bonds is 10. The fraction of sp³-hybridized carbons (Fsp3) is 0.440. The summed E-state index contributed by atoms with van der Waals surface area (Å²) in [5, 5.41) is 14.1. The molecule has 0 fully saturated rings. The highest BCUT2D eigenvalue weighted by Crippen LogP contribution is 2.24. The molecule has 36 heavy (non-hydrogen) atoms. The Hall–Kier alpha value is -3.47. The first-order valence-corrected chi connectivity index (χ1v) is 13.4. The number of nitro groups is 1. The minimum absolute atomic E-state index is 0.0110. The number of aryl methyl sites for hydroxylation is 1. The summed E-state index contributed by atoms with van der Waals surface area (Å²) in [4.78, 5) is 38.8. The van der Waals surface area contributed by atoms with Crippen LogP contribution >= 0.6 is 0 Å². The number of sulfonamides is 1. The van der Waals surface area contributed by atoms with Crippen LogP contribution in [0.5, 0.6) is 0 Å². The van der Waals surface area contributed by atoms with E-state index in [0.29, 0.717) is 6.42 Å². The molecule has 2 aromatic carbocycles. The van der Waals surface area contributed by atoms with Gasteiger partial charge in [0.25, 0.3) is 5.69 Å². The number of amides is 2. The molecule has 0 aromatic heterocycles. The van der Waals surface area contributed by atoms with E-state index in [9.17, 15) is 28.1 Å². The Balaban J connectivity index is 2.51. The van der Waals surface area contributed by atoms with Crippen LogP contribution in [0.2, 0.25) is 0 Å². The Labute approximate surface area is 212 Å². The number of anilines is 1. The van der Waals surface area contributed by atoms with Crippen molar-refractivity contribution in [2.45, 2.75) is 59.2 Å². The summed E-state index contributed by atoms with van der Waals surface area (Å²) >= 11 is 0. The first kappa shape index (κ1) is 28.8. The van der Waals surface area contributed by atoms with Crippen LogP contribution in [0.25, 0.3) is 0 Å². The number of benzene rings is 2. The topological polar surface area (TPSA) is 130 Å².